The molecule has 12 heteroatoms. The van der Waals surface area contributed by atoms with E-state index in [0.717, 1.165) is 24.8 Å². The third-order valence-corrected chi connectivity index (χ3v) is 7.70. The first-order chi connectivity index (χ1) is 19.6. The van der Waals surface area contributed by atoms with Gasteiger partial charge in [0.15, 0.2) is 11.8 Å². The number of rotatable bonds is 9. The SMILES string of the molecule is C[C@H](N)CCCc1cc(Cl)c(F)c(-c2cc3cn(-c4ccc([C@@H](O)[C@@H]5C[C@@H](NC(=N)N)CN5)cc4)c(=O)nc3[nH]2)c1. The Bertz CT molecular complexity index is 1620. The largest absolute Gasteiger partial charge is 0.387 e. The second kappa shape index (κ2) is 12.0. The zero-order valence-corrected chi connectivity index (χ0v) is 23.4. The van der Waals surface area contributed by atoms with Crippen LogP contribution in [0.15, 0.2) is 53.5 Å². The highest BCUT2D eigenvalue weighted by atomic mass is 35.5. The molecule has 4 atom stereocenters. The van der Waals surface area contributed by atoms with Crippen molar-refractivity contribution in [3.05, 3.63) is 81.1 Å². The molecular formula is C29H34ClFN8O2. The highest BCUT2D eigenvalue weighted by molar-refractivity contribution is 6.31. The van der Waals surface area contributed by atoms with Gasteiger partial charge in [0.25, 0.3) is 0 Å². The molecule has 216 valence electrons. The first-order valence-electron chi connectivity index (χ1n) is 13.6. The summed E-state index contributed by atoms with van der Waals surface area (Å²) in [6, 6.07) is 12.0. The zero-order valence-electron chi connectivity index (χ0n) is 22.6. The normalized spacial score (nSPS) is 18.5. The number of nitrogens with one attached hydrogen (secondary N) is 4. The number of halogens is 2. The van der Waals surface area contributed by atoms with Crippen LogP contribution < -0.4 is 27.8 Å². The average Bonchev–Trinajstić information content (AvgIpc) is 3.56. The number of aromatic nitrogens is 3. The summed E-state index contributed by atoms with van der Waals surface area (Å²) < 4.78 is 16.5. The third-order valence-electron chi connectivity index (χ3n) is 7.43. The van der Waals surface area contributed by atoms with E-state index < -0.39 is 17.6 Å². The standard InChI is InChI=1S/C29H34ClFN8O2/c1-15(32)3-2-4-16-9-21(25(31)22(30)10-16)23-11-18-14-39(29(41)38-27(18)37-23)20-7-5-17(6-8-20)26(40)24-12-19(13-35-24)36-28(33)34/h5-11,14-15,19,24,26,35,40H,2-4,12-13,32H2,1H3,(H4,33,34,36)(H,37,38,41)/t15-,19+,24-,26+/m0/s1. The van der Waals surface area contributed by atoms with Crippen LogP contribution in [0.3, 0.4) is 0 Å². The topological polar surface area (TPSA) is 171 Å². The molecule has 2 aromatic heterocycles. The van der Waals surface area contributed by atoms with Crippen molar-refractivity contribution in [3.8, 4) is 16.9 Å². The summed E-state index contributed by atoms with van der Waals surface area (Å²) in [6.07, 6.45) is 3.91. The van der Waals surface area contributed by atoms with E-state index in [0.29, 0.717) is 46.5 Å². The van der Waals surface area contributed by atoms with E-state index in [4.69, 9.17) is 28.5 Å². The van der Waals surface area contributed by atoms with E-state index in [-0.39, 0.29) is 29.1 Å². The molecule has 0 unspecified atom stereocenters. The van der Waals surface area contributed by atoms with Crippen molar-refractivity contribution < 1.29 is 9.50 Å². The Morgan fingerprint density at radius 2 is 2.07 bits per heavy atom. The van der Waals surface area contributed by atoms with Gasteiger partial charge in [-0.25, -0.2) is 9.18 Å². The average molecular weight is 581 g/mol. The summed E-state index contributed by atoms with van der Waals surface area (Å²) in [6.45, 7) is 2.54. The number of hydrogen-bond acceptors (Lipinski definition) is 6. The lowest BCUT2D eigenvalue weighted by molar-refractivity contribution is 0.136. The molecule has 0 bridgehead atoms. The summed E-state index contributed by atoms with van der Waals surface area (Å²) in [5.74, 6) is -0.643. The van der Waals surface area contributed by atoms with Crippen molar-refractivity contribution in [2.24, 2.45) is 11.5 Å². The molecule has 2 aromatic carbocycles. The van der Waals surface area contributed by atoms with E-state index in [1.165, 1.54) is 4.57 Å². The number of nitrogens with two attached hydrogens (primary N) is 2. The molecular weight excluding hydrogens is 547 g/mol. The summed E-state index contributed by atoms with van der Waals surface area (Å²) >= 11 is 6.22. The van der Waals surface area contributed by atoms with E-state index in [1.807, 2.05) is 6.92 Å². The van der Waals surface area contributed by atoms with Crippen molar-refractivity contribution in [2.45, 2.75) is 56.8 Å². The molecule has 10 nitrogen and oxygen atoms in total. The summed E-state index contributed by atoms with van der Waals surface area (Å²) in [5, 5.41) is 25.0. The van der Waals surface area contributed by atoms with Gasteiger partial charge in [-0.2, -0.15) is 4.98 Å². The molecule has 1 fully saturated rings. The molecule has 9 N–H and O–H groups in total. The Labute approximate surface area is 241 Å². The first kappa shape index (κ1) is 28.7. The molecule has 0 saturated carbocycles. The van der Waals surface area contributed by atoms with Gasteiger partial charge >= 0.3 is 5.69 Å². The van der Waals surface area contributed by atoms with Gasteiger partial charge in [-0.3, -0.25) is 9.98 Å². The van der Waals surface area contributed by atoms with Crippen molar-refractivity contribution in [3.63, 3.8) is 0 Å². The number of aryl methyl sites for hydroxylation is 1. The molecule has 4 aromatic rings. The van der Waals surface area contributed by atoms with Gasteiger partial charge in [0, 0.05) is 41.8 Å². The molecule has 1 aliphatic heterocycles. The van der Waals surface area contributed by atoms with Gasteiger partial charge in [-0.15, -0.1) is 0 Å². The van der Waals surface area contributed by atoms with Gasteiger partial charge in [-0.05, 0) is 74.1 Å². The van der Waals surface area contributed by atoms with Crippen LogP contribution in [-0.4, -0.2) is 50.3 Å². The molecule has 1 saturated heterocycles. The second-order valence-corrected chi connectivity index (χ2v) is 11.1. The number of hydrogen-bond donors (Lipinski definition) is 7. The monoisotopic (exact) mass is 580 g/mol. The van der Waals surface area contributed by atoms with Crippen LogP contribution in [0.2, 0.25) is 5.02 Å². The van der Waals surface area contributed by atoms with Gasteiger partial charge in [0.05, 0.1) is 22.5 Å². The molecule has 41 heavy (non-hydrogen) atoms. The minimum atomic E-state index is -0.774. The number of aliphatic hydroxyl groups excluding tert-OH is 1. The Hall–Kier alpha value is -3.77. The van der Waals surface area contributed by atoms with E-state index >= 15 is 4.39 Å². The van der Waals surface area contributed by atoms with Gasteiger partial charge in [-0.1, -0.05) is 23.7 Å². The van der Waals surface area contributed by atoms with Crippen LogP contribution in [0, 0.1) is 11.2 Å². The number of aromatic amines is 1. The Kier molecular flexibility index (Phi) is 8.41. The Morgan fingerprint density at radius 3 is 2.78 bits per heavy atom. The quantitative estimate of drug-likeness (QED) is 0.118. The summed E-state index contributed by atoms with van der Waals surface area (Å²) in [5.41, 5.74) is 14.1. The fourth-order valence-electron chi connectivity index (χ4n) is 5.34. The van der Waals surface area contributed by atoms with Gasteiger partial charge in [0.1, 0.15) is 5.65 Å². The Balaban J connectivity index is 1.37. The van der Waals surface area contributed by atoms with E-state index in [2.05, 4.69) is 20.6 Å². The minimum Gasteiger partial charge on any atom is -0.387 e. The van der Waals surface area contributed by atoms with Crippen LogP contribution >= 0.6 is 11.6 Å². The third kappa shape index (κ3) is 6.43. The van der Waals surface area contributed by atoms with Gasteiger partial charge in [0.2, 0.25) is 0 Å². The predicted molar refractivity (Wildman–Crippen MR) is 159 cm³/mol. The number of fused-ring (bicyclic) bond motifs is 1. The maximum atomic E-state index is 15.1. The molecule has 5 rings (SSSR count). The highest BCUT2D eigenvalue weighted by Gasteiger charge is 2.30. The number of guanidine groups is 1. The molecule has 3 heterocycles. The first-order valence-corrected chi connectivity index (χ1v) is 14.0. The number of H-pyrrole nitrogens is 1. The molecule has 0 amide bonds. The summed E-state index contributed by atoms with van der Waals surface area (Å²) in [4.78, 5) is 20.2. The Morgan fingerprint density at radius 1 is 1.32 bits per heavy atom. The van der Waals surface area contributed by atoms with Crippen LogP contribution in [-0.2, 0) is 6.42 Å². The fraction of sp³-hybridized carbons (Fsp3) is 0.345. The van der Waals surface area contributed by atoms with Crippen LogP contribution in [0.5, 0.6) is 0 Å². The molecule has 0 aliphatic carbocycles. The molecule has 0 radical (unpaired) electrons. The maximum absolute atomic E-state index is 15.1. The lowest BCUT2D eigenvalue weighted by Gasteiger charge is -2.19. The maximum Gasteiger partial charge on any atom is 0.354 e. The van der Waals surface area contributed by atoms with Crippen molar-refractivity contribution in [2.75, 3.05) is 6.54 Å². The van der Waals surface area contributed by atoms with Crippen LogP contribution in [0.25, 0.3) is 28.0 Å². The summed E-state index contributed by atoms with van der Waals surface area (Å²) in [7, 11) is 0. The zero-order chi connectivity index (χ0) is 29.3. The number of nitrogens with zero attached hydrogens (tertiary/aromatic N) is 2. The number of benzene rings is 2. The lowest BCUT2D eigenvalue weighted by atomic mass is 9.99. The van der Waals surface area contributed by atoms with Gasteiger partial charge < -0.3 is 32.2 Å². The molecule has 0 spiro atoms. The van der Waals surface area contributed by atoms with Crippen molar-refractivity contribution >= 4 is 28.6 Å². The number of aliphatic hydroxyl groups is 1. The van der Waals surface area contributed by atoms with Crippen LogP contribution in [0.1, 0.15) is 43.4 Å². The van der Waals surface area contributed by atoms with E-state index in [1.54, 1.807) is 48.7 Å². The van der Waals surface area contributed by atoms with Crippen molar-refractivity contribution in [1.82, 2.24) is 25.2 Å². The predicted octanol–water partition coefficient (Wildman–Crippen LogP) is 3.09. The minimum absolute atomic E-state index is 0.0269. The van der Waals surface area contributed by atoms with Crippen molar-refractivity contribution in [1.29, 1.82) is 5.41 Å². The molecule has 1 aliphatic rings. The smallest absolute Gasteiger partial charge is 0.354 e. The fourth-order valence-corrected chi connectivity index (χ4v) is 5.58. The lowest BCUT2D eigenvalue weighted by Crippen LogP contribution is -2.40. The van der Waals surface area contributed by atoms with Crippen LogP contribution in [0.4, 0.5) is 4.39 Å². The van der Waals surface area contributed by atoms with E-state index in [9.17, 15) is 9.90 Å². The second-order valence-electron chi connectivity index (χ2n) is 10.7. The highest BCUT2D eigenvalue weighted by Crippen LogP contribution is 2.31.